The van der Waals surface area contributed by atoms with Gasteiger partial charge in [-0.25, -0.2) is 4.79 Å². The molecule has 42 heteroatoms. The fourth-order valence-electron chi connectivity index (χ4n) is 11.8. The zero-order valence-corrected chi connectivity index (χ0v) is 51.6. The van der Waals surface area contributed by atoms with Crippen LogP contribution in [0.2, 0.25) is 0 Å². The van der Waals surface area contributed by atoms with Gasteiger partial charge in [-0.1, -0.05) is 0 Å². The van der Waals surface area contributed by atoms with Crippen molar-refractivity contribution >= 4 is 29.6 Å². The Morgan fingerprint density at radius 3 is 1.47 bits per heavy atom. The number of aliphatic hydroxyl groups is 20. The molecule has 35 atom stereocenters. The lowest BCUT2D eigenvalue weighted by molar-refractivity contribution is -0.391. The van der Waals surface area contributed by atoms with Gasteiger partial charge in [0.25, 0.3) is 5.79 Å². The molecular weight excluding hydrogens is 1300 g/mol. The number of carboxylic acids is 1. The van der Waals surface area contributed by atoms with Gasteiger partial charge >= 0.3 is 5.97 Å². The smallest absolute Gasteiger partial charge is 0.364 e. The van der Waals surface area contributed by atoms with Crippen molar-refractivity contribution in [3.63, 3.8) is 0 Å². The molecule has 0 saturated carbocycles. The summed E-state index contributed by atoms with van der Waals surface area (Å²) in [5.41, 5.74) is 0. The number of ether oxygens (including phenoxy) is 12. The summed E-state index contributed by atoms with van der Waals surface area (Å²) in [6.45, 7) is -2.95. The maximum Gasteiger partial charge on any atom is 0.364 e. The minimum Gasteiger partial charge on any atom is -0.477 e. The molecule has 6 aliphatic rings. The number of nitrogens with one attached hydrogen (secondary N) is 4. The molecule has 4 amide bonds. The molecule has 6 saturated heterocycles. The van der Waals surface area contributed by atoms with Gasteiger partial charge in [0.05, 0.1) is 70.5 Å². The van der Waals surface area contributed by atoms with E-state index in [9.17, 15) is 131 Å². The van der Waals surface area contributed by atoms with Crippen LogP contribution in [-0.4, -0.2) is 397 Å². The summed E-state index contributed by atoms with van der Waals surface area (Å²) in [7, 11) is 0. The van der Waals surface area contributed by atoms with Crippen LogP contribution in [0, 0.1) is 0 Å². The van der Waals surface area contributed by atoms with Crippen molar-refractivity contribution in [2.45, 2.75) is 255 Å². The van der Waals surface area contributed by atoms with Gasteiger partial charge < -0.3 is 185 Å². The second-order valence-corrected chi connectivity index (χ2v) is 23.7. The molecular formula is C53H90N4O38. The van der Waals surface area contributed by atoms with Crippen LogP contribution in [0.1, 0.15) is 41.0 Å². The van der Waals surface area contributed by atoms with Gasteiger partial charge in [0.1, 0.15) is 152 Å². The number of carboxylic acid groups (broad SMARTS) is 1. The van der Waals surface area contributed by atoms with E-state index < -0.39 is 296 Å². The van der Waals surface area contributed by atoms with E-state index in [4.69, 9.17) is 56.8 Å². The molecule has 6 rings (SSSR count). The van der Waals surface area contributed by atoms with Gasteiger partial charge in [-0.2, -0.15) is 0 Å². The number of hydrogen-bond donors (Lipinski definition) is 25. The summed E-state index contributed by atoms with van der Waals surface area (Å²) in [5.74, 6) is -9.08. The van der Waals surface area contributed by atoms with Crippen molar-refractivity contribution < 1.29 is 188 Å². The first-order valence-corrected chi connectivity index (χ1v) is 30.0. The van der Waals surface area contributed by atoms with Gasteiger partial charge in [-0.15, -0.1) is 0 Å². The highest BCUT2D eigenvalue weighted by Crippen LogP contribution is 2.40. The lowest BCUT2D eigenvalue weighted by atomic mass is 9.88. The minimum absolute atomic E-state index is 0.862. The number of rotatable bonds is 29. The van der Waals surface area contributed by atoms with E-state index in [0.717, 1.165) is 27.7 Å². The number of carbonyl (C=O) groups excluding carboxylic acids is 4. The van der Waals surface area contributed by atoms with E-state index in [2.05, 4.69) is 21.3 Å². The van der Waals surface area contributed by atoms with E-state index in [1.807, 2.05) is 0 Å². The van der Waals surface area contributed by atoms with Crippen LogP contribution in [0.4, 0.5) is 0 Å². The molecule has 0 aromatic rings. The van der Waals surface area contributed by atoms with Crippen LogP contribution in [0.15, 0.2) is 0 Å². The van der Waals surface area contributed by atoms with Crippen molar-refractivity contribution in [3.8, 4) is 0 Å². The summed E-state index contributed by atoms with van der Waals surface area (Å²) in [6.07, 6.45) is -63.5. The van der Waals surface area contributed by atoms with Crippen LogP contribution >= 0.6 is 0 Å². The van der Waals surface area contributed by atoms with Crippen LogP contribution in [0.5, 0.6) is 0 Å². The Kier molecular flexibility index (Phi) is 29.4. The predicted octanol–water partition coefficient (Wildman–Crippen LogP) is -15.8. The second-order valence-electron chi connectivity index (χ2n) is 23.7. The van der Waals surface area contributed by atoms with Gasteiger partial charge in [0.2, 0.25) is 23.6 Å². The van der Waals surface area contributed by atoms with Gasteiger partial charge in [-0.05, 0) is 6.92 Å². The molecule has 0 aromatic carbocycles. The molecule has 0 spiro atoms. The lowest BCUT2D eigenvalue weighted by Gasteiger charge is -2.51. The number of aliphatic carboxylic acids is 1. The van der Waals surface area contributed by atoms with E-state index in [0.29, 0.717) is 0 Å². The van der Waals surface area contributed by atoms with E-state index in [1.54, 1.807) is 0 Å². The Labute approximate surface area is 539 Å². The van der Waals surface area contributed by atoms with Crippen LogP contribution in [0.3, 0.4) is 0 Å². The normalized spacial score (nSPS) is 42.9. The molecule has 95 heavy (non-hydrogen) atoms. The Bertz CT molecular complexity index is 2470. The van der Waals surface area contributed by atoms with Crippen LogP contribution < -0.4 is 21.3 Å². The largest absolute Gasteiger partial charge is 0.477 e. The highest BCUT2D eigenvalue weighted by molar-refractivity contribution is 5.77. The van der Waals surface area contributed by atoms with Crippen LogP contribution in [0.25, 0.3) is 0 Å². The van der Waals surface area contributed by atoms with E-state index in [1.165, 1.54) is 6.92 Å². The summed E-state index contributed by atoms with van der Waals surface area (Å²) in [4.78, 5) is 64.1. The number of hydrogen-bond acceptors (Lipinski definition) is 37. The molecule has 0 unspecified atom stereocenters. The van der Waals surface area contributed by atoms with Crippen molar-refractivity contribution in [1.29, 1.82) is 0 Å². The quantitative estimate of drug-likeness (QED) is 0.0331. The molecule has 6 aliphatic heterocycles. The highest BCUT2D eigenvalue weighted by atomic mass is 16.8. The predicted molar refractivity (Wildman–Crippen MR) is 296 cm³/mol. The average Bonchev–Trinajstić information content (AvgIpc) is 0.761. The SMILES string of the molecule is CC(=O)N[C@H]1[C@H](OC[C@@H](O)[C@H](O)[C@H](O[C@@H]2O[C@H](CO)[C@@H](O)[C@H](O[C@@H]3O[C@H](CO)[C@H](O)[C@H](O)[C@H]3O)[C@H]2NC(C)=O)[C@H](CO)NC(C)=O)O[C@H](CO)[C@@H](O[C@@H]2O[C@H](CO)[C@H](O)[C@H](O[C@]3(C(=O)O)C[C@H](O)[C@@H](NC(C)=O)[C@H]([C@H](O)[C@H](O)CO)O3)[C@H]2O)[C@@H]1O[C@@H]1O[C@@H](C)[C@@H](O)[C@@H](O)[C@@H]1O. The summed E-state index contributed by atoms with van der Waals surface area (Å²) < 4.78 is 70.5. The Hall–Kier alpha value is -3.93. The Morgan fingerprint density at radius 1 is 0.495 bits per heavy atom. The third kappa shape index (κ3) is 18.5. The molecule has 6 heterocycles. The van der Waals surface area contributed by atoms with E-state index in [-0.39, 0.29) is 0 Å². The molecule has 550 valence electrons. The van der Waals surface area contributed by atoms with Crippen molar-refractivity contribution in [2.75, 3.05) is 46.2 Å². The van der Waals surface area contributed by atoms with Crippen molar-refractivity contribution in [3.05, 3.63) is 0 Å². The van der Waals surface area contributed by atoms with Crippen molar-refractivity contribution in [2.24, 2.45) is 0 Å². The summed E-state index contributed by atoms with van der Waals surface area (Å²) in [6, 6.07) is -7.32. The Morgan fingerprint density at radius 2 is 0.958 bits per heavy atom. The first-order chi connectivity index (χ1) is 44.6. The third-order valence-electron chi connectivity index (χ3n) is 16.7. The second kappa shape index (κ2) is 34.9. The first kappa shape index (κ1) is 80.0. The van der Waals surface area contributed by atoms with Gasteiger partial charge in [-0.3, -0.25) is 19.2 Å². The number of carbonyl (C=O) groups is 5. The zero-order valence-electron chi connectivity index (χ0n) is 51.6. The third-order valence-corrected chi connectivity index (χ3v) is 16.7. The topological polar surface area (TPSA) is 669 Å². The number of amides is 4. The molecule has 0 aromatic heterocycles. The fraction of sp³-hybridized carbons (Fsp3) is 0.906. The first-order valence-electron chi connectivity index (χ1n) is 30.0. The standard InChI is InChI=1S/C53H90N4O38/c1-14-30(71)36(77)38(79)49(85-14)93-45-29(57-18(5)67)47(89-26(12-63)42(45)91-51-40(81)46(35(76)25(11-62)88-51)95-53(52(82)83)6-20(68)27(55-16(3)65)44(94-53)31(72)21(69)8-59)84-13-22(70)32(73)41(19(7-58)54-15(2)64)90-48-28(56-17(4)66)43(34(75)24(10-61)86-48)92-50-39(80)37(78)33(74)23(9-60)87-50/h14,19-51,58-63,68-81H,6-13H2,1-5H3,(H,54,64)(H,55,65)(H,56,66)(H,57,67)(H,82,83)/t14-,19-,20-,21+,22+,23+,24+,25+,26+,27+,28+,29+,30+,31+,32-,33-,34+,35-,36+,37-,38-,39+,40+,41+,42+,43+,44+,45+,46-,47+,48-,49-,50-,51-,53-/m0/s1. The molecule has 0 bridgehead atoms. The average molecular weight is 1390 g/mol. The maximum absolute atomic E-state index is 13.3. The fourth-order valence-corrected chi connectivity index (χ4v) is 11.8. The van der Waals surface area contributed by atoms with E-state index >= 15 is 0 Å². The maximum atomic E-state index is 13.3. The molecule has 0 radical (unpaired) electrons. The summed E-state index contributed by atoms with van der Waals surface area (Å²) in [5, 5.41) is 238. The van der Waals surface area contributed by atoms with Crippen molar-refractivity contribution in [1.82, 2.24) is 21.3 Å². The molecule has 25 N–H and O–H groups in total. The summed E-state index contributed by atoms with van der Waals surface area (Å²) >= 11 is 0. The highest BCUT2D eigenvalue weighted by Gasteiger charge is 2.62. The van der Waals surface area contributed by atoms with Gasteiger partial charge in [0.15, 0.2) is 31.5 Å². The number of aliphatic hydroxyl groups excluding tert-OH is 20. The monoisotopic (exact) mass is 1390 g/mol. The zero-order chi connectivity index (χ0) is 71.0. The minimum atomic E-state index is -3.29. The Balaban J connectivity index is 1.35. The molecule has 0 aliphatic carbocycles. The van der Waals surface area contributed by atoms with Crippen LogP contribution in [-0.2, 0) is 80.8 Å². The van der Waals surface area contributed by atoms with Gasteiger partial charge in [0, 0.05) is 34.1 Å². The molecule has 6 fully saturated rings. The lowest BCUT2D eigenvalue weighted by Crippen LogP contribution is -2.71. The molecule has 42 nitrogen and oxygen atoms in total.